The summed E-state index contributed by atoms with van der Waals surface area (Å²) in [6.45, 7) is 5.08. The van der Waals surface area contributed by atoms with Gasteiger partial charge in [-0.3, -0.25) is 4.79 Å². The van der Waals surface area contributed by atoms with Crippen molar-refractivity contribution in [3.63, 3.8) is 0 Å². The van der Waals surface area contributed by atoms with Crippen LogP contribution in [-0.4, -0.2) is 24.5 Å². The van der Waals surface area contributed by atoms with Gasteiger partial charge in [0.25, 0.3) is 0 Å². The van der Waals surface area contributed by atoms with Crippen LogP contribution < -0.4 is 10.6 Å². The molecule has 2 N–H and O–H groups in total. The van der Waals surface area contributed by atoms with Gasteiger partial charge in [0, 0.05) is 17.1 Å². The monoisotopic (exact) mass is 316 g/mol. The highest BCUT2D eigenvalue weighted by atomic mass is 35.5. The lowest BCUT2D eigenvalue weighted by Crippen LogP contribution is -2.52. The Morgan fingerprint density at radius 1 is 1.50 bits per heavy atom. The number of carbonyl (C=O) groups excluding carboxylic acids is 1. The van der Waals surface area contributed by atoms with Crippen LogP contribution in [0.1, 0.15) is 38.2 Å². The smallest absolute Gasteiger partial charge is 0.227 e. The predicted octanol–water partition coefficient (Wildman–Crippen LogP) is 3.12. The molecule has 2 rings (SSSR count). The lowest BCUT2D eigenvalue weighted by molar-refractivity contribution is -0.123. The molecule has 1 heterocycles. The van der Waals surface area contributed by atoms with Gasteiger partial charge < -0.3 is 10.6 Å². The molecule has 1 aromatic rings. The average molecular weight is 317 g/mol. The Labute approximate surface area is 131 Å². The quantitative estimate of drug-likeness (QED) is 0.899. The van der Waals surface area contributed by atoms with Crippen LogP contribution in [0.3, 0.4) is 0 Å². The van der Waals surface area contributed by atoms with Crippen LogP contribution in [0.2, 0.25) is 5.02 Å². The molecule has 1 aliphatic heterocycles. The first kappa shape index (κ1) is 17.3. The predicted molar refractivity (Wildman–Crippen MR) is 85.7 cm³/mol. The Morgan fingerprint density at radius 3 is 2.90 bits per heavy atom. The van der Waals surface area contributed by atoms with Gasteiger partial charge in [0.1, 0.15) is 0 Å². The Hall–Kier alpha value is -0.770. The van der Waals surface area contributed by atoms with Crippen LogP contribution >= 0.6 is 24.0 Å². The van der Waals surface area contributed by atoms with E-state index in [2.05, 4.69) is 17.6 Å². The normalized spacial score (nSPS) is 23.6. The topological polar surface area (TPSA) is 41.1 Å². The number of nitrogens with one attached hydrogen (secondary N) is 2. The molecule has 3 nitrogen and oxygen atoms in total. The fourth-order valence-corrected chi connectivity index (χ4v) is 2.67. The fraction of sp³-hybridized carbons (Fsp3) is 0.533. The summed E-state index contributed by atoms with van der Waals surface area (Å²) in [7, 11) is 0. The highest BCUT2D eigenvalue weighted by Crippen LogP contribution is 2.20. The molecule has 0 aromatic heterocycles. The number of hydrogen-bond donors (Lipinski definition) is 2. The minimum Gasteiger partial charge on any atom is -0.351 e. The molecule has 0 saturated carbocycles. The molecule has 5 heteroatoms. The summed E-state index contributed by atoms with van der Waals surface area (Å²) in [5.74, 6) is -0.101. The summed E-state index contributed by atoms with van der Waals surface area (Å²) >= 11 is 5.97. The van der Waals surface area contributed by atoms with E-state index in [-0.39, 0.29) is 30.3 Å². The van der Waals surface area contributed by atoms with Gasteiger partial charge in [0.15, 0.2) is 0 Å². The zero-order valence-corrected chi connectivity index (χ0v) is 13.4. The molecule has 0 spiro atoms. The number of benzene rings is 1. The molecule has 0 radical (unpaired) electrons. The van der Waals surface area contributed by atoms with E-state index in [1.165, 1.54) is 0 Å². The molecular weight excluding hydrogens is 295 g/mol. The third kappa shape index (κ3) is 4.37. The first-order chi connectivity index (χ1) is 9.08. The van der Waals surface area contributed by atoms with Gasteiger partial charge >= 0.3 is 0 Å². The molecule has 0 bridgehead atoms. The van der Waals surface area contributed by atoms with Crippen LogP contribution in [0, 0.1) is 0 Å². The Morgan fingerprint density at radius 2 is 2.25 bits per heavy atom. The summed E-state index contributed by atoms with van der Waals surface area (Å²) in [6, 6.07) is 8.06. The molecule has 1 saturated heterocycles. The minimum absolute atomic E-state index is 0. The van der Waals surface area contributed by atoms with Crippen molar-refractivity contribution in [2.45, 2.75) is 44.7 Å². The van der Waals surface area contributed by atoms with Crippen molar-refractivity contribution < 1.29 is 4.79 Å². The third-order valence-electron chi connectivity index (χ3n) is 3.83. The van der Waals surface area contributed by atoms with Gasteiger partial charge in [-0.2, -0.15) is 0 Å². The van der Waals surface area contributed by atoms with E-state index < -0.39 is 0 Å². The number of amides is 1. The molecule has 112 valence electrons. The number of hydrogen-bond acceptors (Lipinski definition) is 2. The Bertz CT molecular complexity index is 453. The maximum absolute atomic E-state index is 12.3. The van der Waals surface area contributed by atoms with Crippen molar-refractivity contribution in [1.29, 1.82) is 0 Å². The molecule has 20 heavy (non-hydrogen) atoms. The van der Waals surface area contributed by atoms with Crippen LogP contribution in [0.15, 0.2) is 24.3 Å². The molecule has 1 fully saturated rings. The second-order valence-electron chi connectivity index (χ2n) is 5.28. The highest BCUT2D eigenvalue weighted by Gasteiger charge is 2.25. The van der Waals surface area contributed by atoms with Crippen LogP contribution in [0.4, 0.5) is 0 Å². The summed E-state index contributed by atoms with van der Waals surface area (Å²) < 4.78 is 0. The van der Waals surface area contributed by atoms with Crippen molar-refractivity contribution in [3.05, 3.63) is 34.9 Å². The zero-order chi connectivity index (χ0) is 13.8. The maximum Gasteiger partial charge on any atom is 0.227 e. The van der Waals surface area contributed by atoms with Gasteiger partial charge in [-0.15, -0.1) is 12.4 Å². The SMILES string of the molecule is CC(C(=O)NC1CCCNC1C)c1cccc(Cl)c1.Cl. The van der Waals surface area contributed by atoms with Gasteiger partial charge in [0.05, 0.1) is 5.92 Å². The molecule has 3 unspecified atom stereocenters. The molecule has 1 aliphatic rings. The first-order valence-corrected chi connectivity index (χ1v) is 7.25. The van der Waals surface area contributed by atoms with E-state index in [0.717, 1.165) is 24.9 Å². The summed E-state index contributed by atoms with van der Waals surface area (Å²) in [5.41, 5.74) is 0.960. The molecular formula is C15H22Cl2N2O. The largest absolute Gasteiger partial charge is 0.351 e. The number of halogens is 2. The third-order valence-corrected chi connectivity index (χ3v) is 4.07. The molecule has 0 aliphatic carbocycles. The fourth-order valence-electron chi connectivity index (χ4n) is 2.48. The molecule has 1 amide bonds. The van der Waals surface area contributed by atoms with Gasteiger partial charge in [-0.05, 0) is 50.9 Å². The lowest BCUT2D eigenvalue weighted by atomic mass is 9.96. The van der Waals surface area contributed by atoms with E-state index in [4.69, 9.17) is 11.6 Å². The summed E-state index contributed by atoms with van der Waals surface area (Å²) in [4.78, 5) is 12.3. The number of piperidine rings is 1. The second-order valence-corrected chi connectivity index (χ2v) is 5.71. The van der Waals surface area contributed by atoms with Gasteiger partial charge in [0.2, 0.25) is 5.91 Å². The first-order valence-electron chi connectivity index (χ1n) is 6.87. The summed E-state index contributed by atoms with van der Waals surface area (Å²) in [6.07, 6.45) is 2.16. The number of rotatable bonds is 3. The van der Waals surface area contributed by atoms with E-state index >= 15 is 0 Å². The lowest BCUT2D eigenvalue weighted by Gasteiger charge is -2.31. The van der Waals surface area contributed by atoms with E-state index in [1.807, 2.05) is 31.2 Å². The van der Waals surface area contributed by atoms with Crippen molar-refractivity contribution in [3.8, 4) is 0 Å². The van der Waals surface area contributed by atoms with Crippen LogP contribution in [0.25, 0.3) is 0 Å². The van der Waals surface area contributed by atoms with Gasteiger partial charge in [-0.25, -0.2) is 0 Å². The van der Waals surface area contributed by atoms with Crippen LogP contribution in [0.5, 0.6) is 0 Å². The Balaban J connectivity index is 0.00000200. The summed E-state index contributed by atoms with van der Waals surface area (Å²) in [5, 5.41) is 7.20. The van der Waals surface area contributed by atoms with Crippen molar-refractivity contribution in [2.24, 2.45) is 0 Å². The van der Waals surface area contributed by atoms with Crippen LogP contribution in [-0.2, 0) is 4.79 Å². The molecule has 3 atom stereocenters. The standard InChI is InChI=1S/C15H21ClN2O.ClH/c1-10(12-5-3-6-13(16)9-12)15(19)18-14-7-4-8-17-11(14)2;/h3,5-6,9-11,14,17H,4,7-8H2,1-2H3,(H,18,19);1H. The number of carbonyl (C=O) groups is 1. The van der Waals surface area contributed by atoms with E-state index in [1.54, 1.807) is 0 Å². The minimum atomic E-state index is -0.173. The highest BCUT2D eigenvalue weighted by molar-refractivity contribution is 6.30. The molecule has 1 aromatic carbocycles. The van der Waals surface area contributed by atoms with E-state index in [0.29, 0.717) is 11.1 Å². The van der Waals surface area contributed by atoms with Gasteiger partial charge in [-0.1, -0.05) is 23.7 Å². The van der Waals surface area contributed by atoms with E-state index in [9.17, 15) is 4.79 Å². The van der Waals surface area contributed by atoms with Crippen molar-refractivity contribution >= 4 is 29.9 Å². The zero-order valence-electron chi connectivity index (χ0n) is 11.9. The van der Waals surface area contributed by atoms with Crippen molar-refractivity contribution in [2.75, 3.05) is 6.54 Å². The van der Waals surface area contributed by atoms with Crippen molar-refractivity contribution in [1.82, 2.24) is 10.6 Å². The second kappa shape index (κ2) is 7.87. The Kier molecular flexibility index (Phi) is 6.80. The maximum atomic E-state index is 12.3. The average Bonchev–Trinajstić information content (AvgIpc) is 2.40.